The minimum absolute atomic E-state index is 0.0711. The number of carboxylic acids is 1. The zero-order valence-electron chi connectivity index (χ0n) is 12.8. The number of rotatable bonds is 4. The molecule has 1 saturated heterocycles. The summed E-state index contributed by atoms with van der Waals surface area (Å²) in [4.78, 5) is 13.9. The predicted octanol–water partition coefficient (Wildman–Crippen LogP) is 3.30. The third-order valence-corrected chi connectivity index (χ3v) is 4.47. The summed E-state index contributed by atoms with van der Waals surface area (Å²) >= 11 is 0. The highest BCUT2D eigenvalue weighted by Gasteiger charge is 2.38. The van der Waals surface area contributed by atoms with Crippen molar-refractivity contribution in [2.75, 3.05) is 13.1 Å². The number of nitrogens with zero attached hydrogens (tertiary/aromatic N) is 1. The molecule has 0 bridgehead atoms. The Balaban J connectivity index is 1.77. The molecular weight excluding hydrogens is 274 g/mol. The highest BCUT2D eigenvalue weighted by Crippen LogP contribution is 2.33. The van der Waals surface area contributed by atoms with E-state index in [0.29, 0.717) is 6.54 Å². The molecule has 114 valence electrons. The predicted molar refractivity (Wildman–Crippen MR) is 86.8 cm³/mol. The van der Waals surface area contributed by atoms with E-state index in [-0.39, 0.29) is 11.8 Å². The Morgan fingerprint density at radius 1 is 1.09 bits per heavy atom. The first-order chi connectivity index (χ1) is 10.6. The first-order valence-corrected chi connectivity index (χ1v) is 7.69. The van der Waals surface area contributed by atoms with Gasteiger partial charge in [0.1, 0.15) is 0 Å². The van der Waals surface area contributed by atoms with E-state index < -0.39 is 5.97 Å². The molecule has 1 heterocycles. The van der Waals surface area contributed by atoms with Crippen LogP contribution < -0.4 is 0 Å². The van der Waals surface area contributed by atoms with Gasteiger partial charge in [-0.15, -0.1) is 0 Å². The lowest BCUT2D eigenvalue weighted by Gasteiger charge is -2.16. The molecular formula is C19H21NO2. The second-order valence-electron chi connectivity index (χ2n) is 6.14. The maximum absolute atomic E-state index is 11.6. The van der Waals surface area contributed by atoms with Gasteiger partial charge in [-0.1, -0.05) is 60.2 Å². The van der Waals surface area contributed by atoms with E-state index in [0.717, 1.165) is 18.7 Å². The fourth-order valence-electron chi connectivity index (χ4n) is 3.26. The van der Waals surface area contributed by atoms with Gasteiger partial charge in [0.15, 0.2) is 0 Å². The van der Waals surface area contributed by atoms with Gasteiger partial charge in [0.25, 0.3) is 0 Å². The lowest BCUT2D eigenvalue weighted by molar-refractivity contribution is -0.141. The molecule has 1 aliphatic rings. The van der Waals surface area contributed by atoms with Crippen molar-refractivity contribution >= 4 is 5.97 Å². The lowest BCUT2D eigenvalue weighted by Crippen LogP contribution is -2.23. The van der Waals surface area contributed by atoms with Crippen molar-refractivity contribution < 1.29 is 9.90 Å². The Morgan fingerprint density at radius 3 is 2.41 bits per heavy atom. The lowest BCUT2D eigenvalue weighted by atomic mass is 9.89. The summed E-state index contributed by atoms with van der Waals surface area (Å²) in [6.45, 7) is 4.28. The van der Waals surface area contributed by atoms with Crippen LogP contribution in [0.2, 0.25) is 0 Å². The summed E-state index contributed by atoms with van der Waals surface area (Å²) in [5, 5.41) is 9.56. The second-order valence-corrected chi connectivity index (χ2v) is 6.14. The fraction of sp³-hybridized carbons (Fsp3) is 0.316. The molecule has 1 aliphatic heterocycles. The number of hydrogen-bond donors (Lipinski definition) is 1. The Kier molecular flexibility index (Phi) is 4.25. The molecule has 0 saturated carbocycles. The maximum atomic E-state index is 11.6. The van der Waals surface area contributed by atoms with Gasteiger partial charge in [0, 0.05) is 25.6 Å². The molecule has 2 atom stereocenters. The van der Waals surface area contributed by atoms with Gasteiger partial charge in [-0.2, -0.15) is 0 Å². The molecule has 0 radical (unpaired) electrons. The summed E-state index contributed by atoms with van der Waals surface area (Å²) < 4.78 is 0. The van der Waals surface area contributed by atoms with Crippen LogP contribution in [0.1, 0.15) is 22.6 Å². The first-order valence-electron chi connectivity index (χ1n) is 7.69. The summed E-state index contributed by atoms with van der Waals surface area (Å²) in [5.41, 5.74) is 3.57. The normalized spacial score (nSPS) is 21.9. The molecule has 0 aliphatic carbocycles. The Hall–Kier alpha value is -2.13. The van der Waals surface area contributed by atoms with Gasteiger partial charge in [-0.25, -0.2) is 0 Å². The minimum Gasteiger partial charge on any atom is -0.481 e. The molecule has 2 aromatic rings. The van der Waals surface area contributed by atoms with E-state index in [4.69, 9.17) is 0 Å². The van der Waals surface area contributed by atoms with E-state index in [1.807, 2.05) is 18.2 Å². The average molecular weight is 295 g/mol. The highest BCUT2D eigenvalue weighted by atomic mass is 16.4. The molecule has 0 spiro atoms. The van der Waals surface area contributed by atoms with Crippen LogP contribution in [0.3, 0.4) is 0 Å². The van der Waals surface area contributed by atoms with Crippen molar-refractivity contribution in [2.24, 2.45) is 5.92 Å². The van der Waals surface area contributed by atoms with E-state index in [1.165, 1.54) is 11.1 Å². The number of carboxylic acid groups (broad SMARTS) is 1. The van der Waals surface area contributed by atoms with Gasteiger partial charge in [-0.05, 0) is 18.1 Å². The smallest absolute Gasteiger partial charge is 0.308 e. The molecule has 2 aromatic carbocycles. The van der Waals surface area contributed by atoms with Crippen molar-refractivity contribution in [3.63, 3.8) is 0 Å². The molecule has 0 unspecified atom stereocenters. The van der Waals surface area contributed by atoms with E-state index in [1.54, 1.807) is 0 Å². The van der Waals surface area contributed by atoms with E-state index >= 15 is 0 Å². The van der Waals surface area contributed by atoms with Crippen molar-refractivity contribution in [2.45, 2.75) is 19.4 Å². The van der Waals surface area contributed by atoms with Crippen LogP contribution in [0.25, 0.3) is 0 Å². The number of hydrogen-bond acceptors (Lipinski definition) is 2. The van der Waals surface area contributed by atoms with Gasteiger partial charge in [0.2, 0.25) is 0 Å². The van der Waals surface area contributed by atoms with Crippen molar-refractivity contribution in [1.82, 2.24) is 4.90 Å². The third kappa shape index (κ3) is 3.20. The van der Waals surface area contributed by atoms with Crippen LogP contribution in [0.15, 0.2) is 54.6 Å². The highest BCUT2D eigenvalue weighted by molar-refractivity contribution is 5.72. The van der Waals surface area contributed by atoms with Gasteiger partial charge in [0.05, 0.1) is 5.92 Å². The number of benzene rings is 2. The number of likely N-dealkylation sites (tertiary alicyclic amines) is 1. The first kappa shape index (κ1) is 14.8. The second kappa shape index (κ2) is 6.32. The molecule has 3 heteroatoms. The number of aryl methyl sites for hydroxylation is 1. The van der Waals surface area contributed by atoms with Gasteiger partial charge < -0.3 is 5.11 Å². The summed E-state index contributed by atoms with van der Waals surface area (Å²) in [6, 6.07) is 18.5. The van der Waals surface area contributed by atoms with Crippen LogP contribution in [-0.4, -0.2) is 29.1 Å². The maximum Gasteiger partial charge on any atom is 0.308 e. The molecule has 0 aromatic heterocycles. The molecule has 1 N–H and O–H groups in total. The van der Waals surface area contributed by atoms with Gasteiger partial charge >= 0.3 is 5.97 Å². The Morgan fingerprint density at radius 2 is 1.77 bits per heavy atom. The standard InChI is InChI=1S/C19H21NO2/c1-14-7-9-16(10-8-14)17-12-20(13-18(17)19(21)22)11-15-5-3-2-4-6-15/h2-10,17-18H,11-13H2,1H3,(H,21,22)/t17-,18+/m0/s1. The number of carbonyl (C=O) groups is 1. The van der Waals surface area contributed by atoms with E-state index in [2.05, 4.69) is 48.2 Å². The molecule has 3 rings (SSSR count). The van der Waals surface area contributed by atoms with Crippen LogP contribution in [0.4, 0.5) is 0 Å². The Bertz CT molecular complexity index is 636. The summed E-state index contributed by atoms with van der Waals surface area (Å²) in [6.07, 6.45) is 0. The molecule has 0 amide bonds. The van der Waals surface area contributed by atoms with Crippen LogP contribution >= 0.6 is 0 Å². The Labute approximate surface area is 131 Å². The third-order valence-electron chi connectivity index (χ3n) is 4.47. The van der Waals surface area contributed by atoms with Crippen LogP contribution in [-0.2, 0) is 11.3 Å². The zero-order valence-corrected chi connectivity index (χ0v) is 12.8. The monoisotopic (exact) mass is 295 g/mol. The minimum atomic E-state index is -0.693. The van der Waals surface area contributed by atoms with Crippen LogP contribution in [0, 0.1) is 12.8 Å². The van der Waals surface area contributed by atoms with E-state index in [9.17, 15) is 9.90 Å². The van der Waals surface area contributed by atoms with Crippen LogP contribution in [0.5, 0.6) is 0 Å². The number of aliphatic carboxylic acids is 1. The average Bonchev–Trinajstić information content (AvgIpc) is 2.93. The fourth-order valence-corrected chi connectivity index (χ4v) is 3.26. The topological polar surface area (TPSA) is 40.5 Å². The van der Waals surface area contributed by atoms with Crippen molar-refractivity contribution in [1.29, 1.82) is 0 Å². The van der Waals surface area contributed by atoms with Crippen molar-refractivity contribution in [3.8, 4) is 0 Å². The quantitative estimate of drug-likeness (QED) is 0.941. The SMILES string of the molecule is Cc1ccc([C@@H]2CN(Cc3ccccc3)C[C@H]2C(=O)O)cc1. The van der Waals surface area contributed by atoms with Gasteiger partial charge in [-0.3, -0.25) is 9.69 Å². The molecule has 1 fully saturated rings. The zero-order chi connectivity index (χ0) is 15.5. The summed E-state index contributed by atoms with van der Waals surface area (Å²) in [7, 11) is 0. The molecule has 3 nitrogen and oxygen atoms in total. The summed E-state index contributed by atoms with van der Waals surface area (Å²) in [5.74, 6) is -0.950. The van der Waals surface area contributed by atoms with Crippen molar-refractivity contribution in [3.05, 3.63) is 71.3 Å². The largest absolute Gasteiger partial charge is 0.481 e. The molecule has 22 heavy (non-hydrogen) atoms.